The van der Waals surface area contributed by atoms with Gasteiger partial charge in [-0.15, -0.1) is 0 Å². The third kappa shape index (κ3) is 12.5. The fraction of sp³-hybridized carbons (Fsp3) is 0.860. The van der Waals surface area contributed by atoms with E-state index in [0.29, 0.717) is 15.8 Å². The number of hydrogen-bond donors (Lipinski definition) is 0. The van der Waals surface area contributed by atoms with E-state index in [1.807, 2.05) is 6.07 Å². The Balaban J connectivity index is 0.000000147. The molecule has 6 aliphatic carbocycles. The zero-order valence-electron chi connectivity index (χ0n) is 30.0. The predicted molar refractivity (Wildman–Crippen MR) is 205 cm³/mol. The maximum absolute atomic E-state index is 2.61. The summed E-state index contributed by atoms with van der Waals surface area (Å²) in [6.45, 7) is 0. The molecule has 0 aromatic heterocycles. The van der Waals surface area contributed by atoms with Crippen molar-refractivity contribution in [2.24, 2.45) is 0 Å². The molecule has 0 atom stereocenters. The van der Waals surface area contributed by atoms with Crippen molar-refractivity contribution in [2.45, 2.75) is 232 Å². The van der Waals surface area contributed by atoms with Gasteiger partial charge in [-0.3, -0.25) is 0 Å². The quantitative estimate of drug-likeness (QED) is 0.192. The molecule has 7 rings (SSSR count). The molecule has 263 valence electrons. The topological polar surface area (TPSA) is 0 Å². The Morgan fingerprint density at radius 2 is 0.565 bits per heavy atom. The van der Waals surface area contributed by atoms with Crippen LogP contribution in [0.2, 0.25) is 0 Å². The Labute approximate surface area is 300 Å². The van der Waals surface area contributed by atoms with Crippen LogP contribution in [0.3, 0.4) is 0 Å². The van der Waals surface area contributed by atoms with Crippen molar-refractivity contribution in [2.75, 3.05) is 0 Å². The fourth-order valence-corrected chi connectivity index (χ4v) is 20.4. The van der Waals surface area contributed by atoms with Gasteiger partial charge in [-0.1, -0.05) is 131 Å². The molecular weight excluding hydrogens is 679 g/mol. The van der Waals surface area contributed by atoms with Crippen molar-refractivity contribution in [3.05, 3.63) is 35.9 Å². The summed E-state index contributed by atoms with van der Waals surface area (Å²) in [7, 11) is 0.770. The minimum atomic E-state index is 0.385. The van der Waals surface area contributed by atoms with Crippen LogP contribution in [0.5, 0.6) is 0 Å². The van der Waals surface area contributed by atoms with Gasteiger partial charge in [0.15, 0.2) is 0 Å². The van der Waals surface area contributed by atoms with Gasteiger partial charge in [0.1, 0.15) is 0 Å². The second-order valence-corrected chi connectivity index (χ2v) is 23.0. The van der Waals surface area contributed by atoms with Crippen LogP contribution in [-0.4, -0.2) is 34.0 Å². The van der Waals surface area contributed by atoms with Gasteiger partial charge in [0.2, 0.25) is 0 Å². The zero-order chi connectivity index (χ0) is 31.7. The molecule has 0 saturated heterocycles. The van der Waals surface area contributed by atoms with Crippen molar-refractivity contribution in [1.82, 2.24) is 0 Å². The van der Waals surface area contributed by atoms with Crippen LogP contribution in [-0.2, 0) is 23.3 Å². The van der Waals surface area contributed by atoms with Crippen LogP contribution in [0, 0.1) is 0 Å². The summed E-state index contributed by atoms with van der Waals surface area (Å²) in [4.78, 5) is 0. The molecule has 0 heterocycles. The summed E-state index contributed by atoms with van der Waals surface area (Å²) < 4.78 is 0. The SMILES string of the molecule is C1CCC(P(C2CCCCC2)C2CCCCC2)CC1.C1CCC(P(C2CCCCC2)C2CCCCC2)CC1.[Ru][CH2]c1ccccc1. The van der Waals surface area contributed by atoms with Gasteiger partial charge in [0.25, 0.3) is 0 Å². The van der Waals surface area contributed by atoms with Crippen LogP contribution >= 0.6 is 15.8 Å². The molecule has 0 amide bonds. The predicted octanol–water partition coefficient (Wildman–Crippen LogP) is 14.7. The zero-order valence-corrected chi connectivity index (χ0v) is 33.5. The first-order valence-corrected chi connectivity index (χ1v) is 25.3. The molecule has 6 aliphatic rings. The molecule has 0 radical (unpaired) electrons. The van der Waals surface area contributed by atoms with E-state index in [4.69, 9.17) is 0 Å². The Kier molecular flexibility index (Phi) is 18.6. The molecule has 1 aromatic rings. The van der Waals surface area contributed by atoms with E-state index in [2.05, 4.69) is 42.6 Å². The summed E-state index contributed by atoms with van der Waals surface area (Å²) in [5.74, 6) is 0. The van der Waals surface area contributed by atoms with Crippen LogP contribution < -0.4 is 0 Å². The van der Waals surface area contributed by atoms with Crippen molar-refractivity contribution >= 4 is 15.8 Å². The van der Waals surface area contributed by atoms with E-state index in [0.717, 1.165) is 5.02 Å². The van der Waals surface area contributed by atoms with Gasteiger partial charge in [-0.25, -0.2) is 0 Å². The first kappa shape index (κ1) is 37.9. The minimum absolute atomic E-state index is 0.385. The normalized spacial score (nSPS) is 25.5. The summed E-state index contributed by atoms with van der Waals surface area (Å²) in [6.07, 6.45) is 47.2. The summed E-state index contributed by atoms with van der Waals surface area (Å²) >= 11 is 2.61. The van der Waals surface area contributed by atoms with Gasteiger partial charge in [0.05, 0.1) is 0 Å². The van der Waals surface area contributed by atoms with Crippen LogP contribution in [0.25, 0.3) is 0 Å². The molecule has 0 N–H and O–H groups in total. The van der Waals surface area contributed by atoms with Crippen molar-refractivity contribution in [3.63, 3.8) is 0 Å². The standard InChI is InChI=1S/2C18H33P.C7H7.Ru/c2*1-4-10-16(11-5-1)19(17-12-6-2-7-13-17)18-14-8-3-9-15-18;1-7-5-3-2-4-6-7;/h2*16-18H,1-15H2;2-6H,1H2;. The molecule has 1 aromatic carbocycles. The monoisotopic (exact) mass is 753 g/mol. The summed E-state index contributed by atoms with van der Waals surface area (Å²) in [5.41, 5.74) is 8.52. The molecular formula is C43H73P2Ru. The molecule has 46 heavy (non-hydrogen) atoms. The van der Waals surface area contributed by atoms with Crippen LogP contribution in [0.4, 0.5) is 0 Å². The van der Waals surface area contributed by atoms with Gasteiger partial charge >= 0.3 is 59.2 Å². The van der Waals surface area contributed by atoms with E-state index in [-0.39, 0.29) is 0 Å². The molecule has 0 nitrogen and oxygen atoms in total. The average Bonchev–Trinajstić information content (AvgIpc) is 3.15. The molecule has 0 bridgehead atoms. The van der Waals surface area contributed by atoms with Gasteiger partial charge in [-0.05, 0) is 111 Å². The van der Waals surface area contributed by atoms with Gasteiger partial charge in [0, 0.05) is 0 Å². The number of benzene rings is 1. The molecule has 0 aliphatic heterocycles. The first-order chi connectivity index (χ1) is 22.8. The Morgan fingerprint density at radius 1 is 0.348 bits per heavy atom. The second kappa shape index (κ2) is 22.5. The third-order valence-electron chi connectivity index (χ3n) is 13.0. The summed E-state index contributed by atoms with van der Waals surface area (Å²) in [6, 6.07) is 10.4. The van der Waals surface area contributed by atoms with E-state index in [9.17, 15) is 0 Å². The van der Waals surface area contributed by atoms with Crippen LogP contribution in [0.15, 0.2) is 30.3 Å². The van der Waals surface area contributed by atoms with Crippen LogP contribution in [0.1, 0.15) is 198 Å². The first-order valence-electron chi connectivity index (χ1n) is 21.0. The molecule has 0 unspecified atom stereocenters. The van der Waals surface area contributed by atoms with E-state index in [1.165, 1.54) is 78.0 Å². The van der Waals surface area contributed by atoms with E-state index < -0.39 is 0 Å². The van der Waals surface area contributed by atoms with Crippen molar-refractivity contribution < 1.29 is 18.3 Å². The molecule has 6 saturated carbocycles. The number of rotatable bonds is 7. The fourth-order valence-electron chi connectivity index (χ4n) is 10.6. The van der Waals surface area contributed by atoms with Crippen molar-refractivity contribution in [1.29, 1.82) is 0 Å². The second-order valence-electron chi connectivity index (χ2n) is 16.3. The summed E-state index contributed by atoms with van der Waals surface area (Å²) in [5, 5.41) is 1.07. The van der Waals surface area contributed by atoms with Crippen molar-refractivity contribution in [3.8, 4) is 0 Å². The molecule has 6 fully saturated rings. The third-order valence-corrected chi connectivity index (χ3v) is 21.8. The Morgan fingerprint density at radius 3 is 0.739 bits per heavy atom. The van der Waals surface area contributed by atoms with E-state index >= 15 is 0 Å². The Bertz CT molecular complexity index is 730. The molecule has 3 heteroatoms. The molecule has 0 spiro atoms. The maximum atomic E-state index is 2.61. The number of hydrogen-bond acceptors (Lipinski definition) is 0. The Hall–Kier alpha value is 0.703. The average molecular weight is 753 g/mol. The van der Waals surface area contributed by atoms with Gasteiger partial charge in [-0.2, -0.15) is 0 Å². The van der Waals surface area contributed by atoms with E-state index in [1.54, 1.807) is 154 Å². The van der Waals surface area contributed by atoms with Gasteiger partial charge < -0.3 is 0 Å².